The van der Waals surface area contributed by atoms with Gasteiger partial charge in [-0.2, -0.15) is 0 Å². The Morgan fingerprint density at radius 1 is 1.44 bits per heavy atom. The lowest BCUT2D eigenvalue weighted by atomic mass is 10.0. The number of carbonyl (C=O) groups is 1. The molecule has 0 aliphatic heterocycles. The topological polar surface area (TPSA) is 55.1 Å². The molecule has 0 spiro atoms. The molecule has 0 fully saturated rings. The van der Waals surface area contributed by atoms with Crippen LogP contribution in [0.2, 0.25) is 0 Å². The van der Waals surface area contributed by atoms with Gasteiger partial charge in [0, 0.05) is 10.5 Å². The summed E-state index contributed by atoms with van der Waals surface area (Å²) in [5.74, 6) is -0.363. The van der Waals surface area contributed by atoms with Crippen molar-refractivity contribution in [2.45, 2.75) is 32.9 Å². The molecule has 3 nitrogen and oxygen atoms in total. The van der Waals surface area contributed by atoms with E-state index >= 15 is 0 Å². The second-order valence-electron chi connectivity index (χ2n) is 4.18. The Bertz CT molecular complexity index is 391. The van der Waals surface area contributed by atoms with Crippen LogP contribution in [0.3, 0.4) is 0 Å². The van der Waals surface area contributed by atoms with Crippen LogP contribution in [0.1, 0.15) is 31.0 Å². The van der Waals surface area contributed by atoms with Gasteiger partial charge in [0.15, 0.2) is 0 Å². The van der Waals surface area contributed by atoms with E-state index in [1.807, 2.05) is 39.0 Å². The van der Waals surface area contributed by atoms with Gasteiger partial charge >= 0.3 is 0 Å². The maximum absolute atomic E-state index is 11.4. The van der Waals surface area contributed by atoms with Gasteiger partial charge < -0.3 is 5.73 Å². The third-order valence-corrected chi connectivity index (χ3v) is 2.94. The zero-order chi connectivity index (χ0) is 12.3. The first kappa shape index (κ1) is 13.2. The van der Waals surface area contributed by atoms with Gasteiger partial charge in [-0.25, -0.2) is 0 Å². The van der Waals surface area contributed by atoms with E-state index in [-0.39, 0.29) is 11.9 Å². The van der Waals surface area contributed by atoms with Crippen LogP contribution >= 0.6 is 15.9 Å². The molecule has 0 heterocycles. The number of primary amides is 1. The lowest BCUT2D eigenvalue weighted by molar-refractivity contribution is -0.120. The molecule has 88 valence electrons. The average molecular weight is 285 g/mol. The van der Waals surface area contributed by atoms with Crippen molar-refractivity contribution in [3.05, 3.63) is 33.8 Å². The molecule has 1 atom stereocenters. The highest BCUT2D eigenvalue weighted by atomic mass is 79.9. The normalized spacial score (nSPS) is 12.8. The van der Waals surface area contributed by atoms with Gasteiger partial charge in [-0.3, -0.25) is 10.1 Å². The highest BCUT2D eigenvalue weighted by Crippen LogP contribution is 2.24. The summed E-state index contributed by atoms with van der Waals surface area (Å²) >= 11 is 3.46. The minimum atomic E-state index is -0.449. The predicted octanol–water partition coefficient (Wildman–Crippen LogP) is 2.28. The standard InChI is InChI=1S/C12H17BrN2O/c1-7(2)15-11(12(14)16)9-5-4-8(3)6-10(9)13/h4-7,11,15H,1-3H3,(H2,14,16). The molecule has 0 saturated heterocycles. The molecule has 0 radical (unpaired) electrons. The van der Waals surface area contributed by atoms with Crippen molar-refractivity contribution in [2.75, 3.05) is 0 Å². The summed E-state index contributed by atoms with van der Waals surface area (Å²) in [6.07, 6.45) is 0. The van der Waals surface area contributed by atoms with Crippen molar-refractivity contribution in [3.63, 3.8) is 0 Å². The summed E-state index contributed by atoms with van der Waals surface area (Å²) in [6.45, 7) is 5.97. The first-order valence-corrected chi connectivity index (χ1v) is 6.02. The minimum Gasteiger partial charge on any atom is -0.368 e. The quantitative estimate of drug-likeness (QED) is 0.891. The molecule has 0 aromatic heterocycles. The monoisotopic (exact) mass is 284 g/mol. The van der Waals surface area contributed by atoms with Crippen LogP contribution in [0, 0.1) is 6.92 Å². The van der Waals surface area contributed by atoms with E-state index in [2.05, 4.69) is 21.2 Å². The molecule has 16 heavy (non-hydrogen) atoms. The van der Waals surface area contributed by atoms with Crippen LogP contribution in [-0.4, -0.2) is 11.9 Å². The molecule has 1 rings (SSSR count). The summed E-state index contributed by atoms with van der Waals surface area (Å²) in [5.41, 5.74) is 7.43. The highest BCUT2D eigenvalue weighted by Gasteiger charge is 2.20. The third-order valence-electron chi connectivity index (χ3n) is 2.25. The zero-order valence-corrected chi connectivity index (χ0v) is 11.3. The molecule has 0 aliphatic rings. The van der Waals surface area contributed by atoms with E-state index in [4.69, 9.17) is 5.73 Å². The van der Waals surface area contributed by atoms with Gasteiger partial charge in [-0.05, 0) is 38.0 Å². The van der Waals surface area contributed by atoms with Crippen LogP contribution < -0.4 is 11.1 Å². The largest absolute Gasteiger partial charge is 0.368 e. The first-order chi connectivity index (χ1) is 7.41. The number of aryl methyl sites for hydroxylation is 1. The molecule has 1 aromatic carbocycles. The van der Waals surface area contributed by atoms with E-state index in [0.29, 0.717) is 0 Å². The minimum absolute atomic E-state index is 0.200. The maximum atomic E-state index is 11.4. The summed E-state index contributed by atoms with van der Waals surface area (Å²) < 4.78 is 0.907. The van der Waals surface area contributed by atoms with Crippen LogP contribution in [0.4, 0.5) is 0 Å². The van der Waals surface area contributed by atoms with Crippen molar-refractivity contribution in [2.24, 2.45) is 5.73 Å². The fourth-order valence-electron chi connectivity index (χ4n) is 1.52. The number of rotatable bonds is 4. The number of hydrogen-bond acceptors (Lipinski definition) is 2. The molecular weight excluding hydrogens is 268 g/mol. The van der Waals surface area contributed by atoms with Gasteiger partial charge in [-0.15, -0.1) is 0 Å². The smallest absolute Gasteiger partial charge is 0.239 e. The Balaban J connectivity index is 3.06. The molecule has 0 bridgehead atoms. The highest BCUT2D eigenvalue weighted by molar-refractivity contribution is 9.10. The lowest BCUT2D eigenvalue weighted by Crippen LogP contribution is -2.37. The van der Waals surface area contributed by atoms with Crippen molar-refractivity contribution < 1.29 is 4.79 Å². The van der Waals surface area contributed by atoms with Crippen molar-refractivity contribution in [1.82, 2.24) is 5.32 Å². The predicted molar refractivity (Wildman–Crippen MR) is 69.1 cm³/mol. The molecule has 1 unspecified atom stereocenters. The van der Waals surface area contributed by atoms with Gasteiger partial charge in [-0.1, -0.05) is 28.1 Å². The second-order valence-corrected chi connectivity index (χ2v) is 5.04. The Hall–Kier alpha value is -0.870. The fraction of sp³-hybridized carbons (Fsp3) is 0.417. The number of benzene rings is 1. The van der Waals surface area contributed by atoms with E-state index in [0.717, 1.165) is 15.6 Å². The SMILES string of the molecule is Cc1ccc(C(NC(C)C)C(N)=O)c(Br)c1. The number of nitrogens with two attached hydrogens (primary N) is 1. The molecule has 0 aliphatic carbocycles. The number of carbonyl (C=O) groups excluding carboxylic acids is 1. The fourth-order valence-corrected chi connectivity index (χ4v) is 2.25. The Morgan fingerprint density at radius 3 is 2.50 bits per heavy atom. The average Bonchev–Trinajstić information content (AvgIpc) is 2.14. The summed E-state index contributed by atoms with van der Waals surface area (Å²) in [6, 6.07) is 5.62. The summed E-state index contributed by atoms with van der Waals surface area (Å²) in [4.78, 5) is 11.4. The van der Waals surface area contributed by atoms with E-state index in [1.54, 1.807) is 0 Å². The molecular formula is C12H17BrN2O. The maximum Gasteiger partial charge on any atom is 0.239 e. The van der Waals surface area contributed by atoms with Crippen molar-refractivity contribution in [3.8, 4) is 0 Å². The number of halogens is 1. The lowest BCUT2D eigenvalue weighted by Gasteiger charge is -2.20. The van der Waals surface area contributed by atoms with Crippen LogP contribution in [-0.2, 0) is 4.79 Å². The van der Waals surface area contributed by atoms with E-state index in [1.165, 1.54) is 0 Å². The number of amides is 1. The van der Waals surface area contributed by atoms with Gasteiger partial charge in [0.25, 0.3) is 0 Å². The zero-order valence-electron chi connectivity index (χ0n) is 9.75. The number of hydrogen-bond donors (Lipinski definition) is 2. The summed E-state index contributed by atoms with van der Waals surface area (Å²) in [7, 11) is 0. The second kappa shape index (κ2) is 5.46. The van der Waals surface area contributed by atoms with Crippen LogP contribution in [0.25, 0.3) is 0 Å². The molecule has 3 N–H and O–H groups in total. The van der Waals surface area contributed by atoms with Crippen molar-refractivity contribution >= 4 is 21.8 Å². The molecule has 1 aromatic rings. The van der Waals surface area contributed by atoms with Crippen LogP contribution in [0.15, 0.2) is 22.7 Å². The Morgan fingerprint density at radius 2 is 2.06 bits per heavy atom. The van der Waals surface area contributed by atoms with Crippen molar-refractivity contribution in [1.29, 1.82) is 0 Å². The number of nitrogens with one attached hydrogen (secondary N) is 1. The third kappa shape index (κ3) is 3.32. The Labute approximate surface area is 105 Å². The van der Waals surface area contributed by atoms with Gasteiger partial charge in [0.2, 0.25) is 5.91 Å². The summed E-state index contributed by atoms with van der Waals surface area (Å²) in [5, 5.41) is 3.15. The van der Waals surface area contributed by atoms with Gasteiger partial charge in [0.1, 0.15) is 6.04 Å². The van der Waals surface area contributed by atoms with E-state index < -0.39 is 6.04 Å². The van der Waals surface area contributed by atoms with Gasteiger partial charge in [0.05, 0.1) is 0 Å². The van der Waals surface area contributed by atoms with E-state index in [9.17, 15) is 4.79 Å². The van der Waals surface area contributed by atoms with Crippen LogP contribution in [0.5, 0.6) is 0 Å². The Kier molecular flexibility index (Phi) is 4.50. The first-order valence-electron chi connectivity index (χ1n) is 5.23. The molecule has 4 heteroatoms. The molecule has 1 amide bonds. The molecule has 0 saturated carbocycles.